The van der Waals surface area contributed by atoms with Crippen molar-refractivity contribution in [3.05, 3.63) is 50.9 Å². The van der Waals surface area contributed by atoms with E-state index in [4.69, 9.17) is 0 Å². The molecule has 2 aromatic heterocycles. The molecule has 1 amide bonds. The second-order valence-electron chi connectivity index (χ2n) is 6.46. The van der Waals surface area contributed by atoms with Gasteiger partial charge in [-0.3, -0.25) is 19.8 Å². The Bertz CT molecular complexity index is 980. The van der Waals surface area contributed by atoms with Crippen molar-refractivity contribution in [2.75, 3.05) is 32.1 Å². The number of amides is 1. The molecule has 2 heterocycles. The summed E-state index contributed by atoms with van der Waals surface area (Å²) in [5, 5.41) is 11.5. The van der Waals surface area contributed by atoms with Gasteiger partial charge in [0, 0.05) is 6.07 Å². The first kappa shape index (κ1) is 19.4. The number of anilines is 1. The van der Waals surface area contributed by atoms with Crippen LogP contribution in [0.3, 0.4) is 0 Å². The van der Waals surface area contributed by atoms with E-state index < -0.39 is 4.92 Å². The van der Waals surface area contributed by atoms with E-state index in [9.17, 15) is 14.9 Å². The first-order chi connectivity index (χ1) is 12.9. The smallest absolute Gasteiger partial charge is 0.324 e. The SMILES string of the molecule is CCc1ccc2nc(N(CC[NH+](C)C)C(=O)c3ccc([N+](=O)[O-])s3)sc2c1. The minimum absolute atomic E-state index is 0.0339. The number of nitrogens with zero attached hydrogens (tertiary/aromatic N) is 3. The first-order valence-corrected chi connectivity index (χ1v) is 10.3. The van der Waals surface area contributed by atoms with Gasteiger partial charge in [0.2, 0.25) is 0 Å². The number of benzene rings is 1. The molecule has 0 fully saturated rings. The number of nitro groups is 1. The zero-order valence-electron chi connectivity index (χ0n) is 15.4. The van der Waals surface area contributed by atoms with Crippen LogP contribution in [0.1, 0.15) is 22.2 Å². The second kappa shape index (κ2) is 8.12. The highest BCUT2D eigenvalue weighted by Crippen LogP contribution is 2.32. The highest BCUT2D eigenvalue weighted by atomic mass is 32.1. The number of likely N-dealkylation sites (N-methyl/N-ethyl adjacent to an activating group) is 1. The van der Waals surface area contributed by atoms with E-state index in [1.54, 1.807) is 4.90 Å². The molecule has 27 heavy (non-hydrogen) atoms. The van der Waals surface area contributed by atoms with Crippen molar-refractivity contribution < 1.29 is 14.6 Å². The van der Waals surface area contributed by atoms with E-state index in [1.807, 2.05) is 26.2 Å². The van der Waals surface area contributed by atoms with Crippen molar-refractivity contribution in [3.63, 3.8) is 0 Å². The summed E-state index contributed by atoms with van der Waals surface area (Å²) >= 11 is 2.38. The number of aromatic nitrogens is 1. The van der Waals surface area contributed by atoms with Crippen molar-refractivity contribution in [2.45, 2.75) is 13.3 Å². The summed E-state index contributed by atoms with van der Waals surface area (Å²) in [4.78, 5) is 31.4. The summed E-state index contributed by atoms with van der Waals surface area (Å²) in [6.45, 7) is 3.34. The molecule has 0 aliphatic carbocycles. The van der Waals surface area contributed by atoms with Gasteiger partial charge in [0.25, 0.3) is 5.91 Å². The molecule has 0 aliphatic rings. The molecule has 9 heteroatoms. The van der Waals surface area contributed by atoms with E-state index >= 15 is 0 Å². The normalized spacial score (nSPS) is 11.3. The van der Waals surface area contributed by atoms with Gasteiger partial charge in [0.05, 0.1) is 47.2 Å². The van der Waals surface area contributed by atoms with Crippen LogP contribution < -0.4 is 9.80 Å². The fourth-order valence-electron chi connectivity index (χ4n) is 2.59. The Morgan fingerprint density at radius 3 is 2.67 bits per heavy atom. The summed E-state index contributed by atoms with van der Waals surface area (Å²) in [5.41, 5.74) is 2.08. The van der Waals surface area contributed by atoms with Crippen LogP contribution in [-0.2, 0) is 6.42 Å². The van der Waals surface area contributed by atoms with Crippen LogP contribution >= 0.6 is 22.7 Å². The van der Waals surface area contributed by atoms with Gasteiger partial charge in [-0.2, -0.15) is 0 Å². The Morgan fingerprint density at radius 2 is 2.04 bits per heavy atom. The third-order valence-electron chi connectivity index (χ3n) is 4.14. The van der Waals surface area contributed by atoms with E-state index in [0.717, 1.165) is 34.5 Å². The van der Waals surface area contributed by atoms with Crippen LogP contribution in [0.2, 0.25) is 0 Å². The summed E-state index contributed by atoms with van der Waals surface area (Å²) in [7, 11) is 4.04. The summed E-state index contributed by atoms with van der Waals surface area (Å²) < 4.78 is 1.04. The minimum Gasteiger partial charge on any atom is -0.338 e. The second-order valence-corrected chi connectivity index (χ2v) is 8.53. The molecule has 0 atom stereocenters. The number of nitrogens with one attached hydrogen (secondary N) is 1. The van der Waals surface area contributed by atoms with Crippen molar-refractivity contribution in [1.29, 1.82) is 0 Å². The zero-order valence-corrected chi connectivity index (χ0v) is 17.0. The van der Waals surface area contributed by atoms with E-state index in [-0.39, 0.29) is 10.9 Å². The quantitative estimate of drug-likeness (QED) is 0.484. The summed E-state index contributed by atoms with van der Waals surface area (Å²) in [6, 6.07) is 9.02. The number of thiazole rings is 1. The maximum Gasteiger partial charge on any atom is 0.324 e. The van der Waals surface area contributed by atoms with Crippen LogP contribution in [0.4, 0.5) is 10.1 Å². The Kier molecular flexibility index (Phi) is 5.83. The van der Waals surface area contributed by atoms with Crippen LogP contribution in [0.15, 0.2) is 30.3 Å². The van der Waals surface area contributed by atoms with Gasteiger partial charge in [0.1, 0.15) is 0 Å². The van der Waals surface area contributed by atoms with Crippen molar-refractivity contribution in [1.82, 2.24) is 4.98 Å². The Balaban J connectivity index is 1.96. The Hall–Kier alpha value is -2.36. The predicted octanol–water partition coefficient (Wildman–Crippen LogP) is 2.62. The summed E-state index contributed by atoms with van der Waals surface area (Å²) in [5.74, 6) is -0.246. The van der Waals surface area contributed by atoms with Crippen LogP contribution in [0.25, 0.3) is 10.2 Å². The lowest BCUT2D eigenvalue weighted by atomic mass is 10.2. The van der Waals surface area contributed by atoms with Crippen molar-refractivity contribution in [2.24, 2.45) is 0 Å². The number of fused-ring (bicyclic) bond motifs is 1. The molecule has 3 rings (SSSR count). The van der Waals surface area contributed by atoms with E-state index in [2.05, 4.69) is 18.0 Å². The summed E-state index contributed by atoms with van der Waals surface area (Å²) in [6.07, 6.45) is 0.939. The van der Waals surface area contributed by atoms with Crippen LogP contribution in [-0.4, -0.2) is 43.0 Å². The molecule has 0 radical (unpaired) electrons. The fourth-order valence-corrected chi connectivity index (χ4v) is 4.41. The fraction of sp³-hybridized carbons (Fsp3) is 0.333. The Labute approximate surface area is 165 Å². The van der Waals surface area contributed by atoms with Crippen LogP contribution in [0, 0.1) is 10.1 Å². The van der Waals surface area contributed by atoms with Crippen LogP contribution in [0.5, 0.6) is 0 Å². The van der Waals surface area contributed by atoms with Gasteiger partial charge in [-0.15, -0.1) is 0 Å². The topological polar surface area (TPSA) is 80.8 Å². The number of hydrogen-bond donors (Lipinski definition) is 1. The molecule has 0 unspecified atom stereocenters. The average Bonchev–Trinajstić information content (AvgIpc) is 3.27. The van der Waals surface area contributed by atoms with E-state index in [0.29, 0.717) is 16.6 Å². The molecule has 0 spiro atoms. The van der Waals surface area contributed by atoms with Gasteiger partial charge >= 0.3 is 5.00 Å². The van der Waals surface area contributed by atoms with Crippen molar-refractivity contribution in [3.8, 4) is 0 Å². The van der Waals surface area contributed by atoms with Gasteiger partial charge in [-0.25, -0.2) is 4.98 Å². The van der Waals surface area contributed by atoms with Gasteiger partial charge in [0.15, 0.2) is 5.13 Å². The highest BCUT2D eigenvalue weighted by molar-refractivity contribution is 7.22. The number of carbonyl (C=O) groups excluding carboxylic acids is 1. The van der Waals surface area contributed by atoms with E-state index in [1.165, 1.54) is 33.9 Å². The third-order valence-corrected chi connectivity index (χ3v) is 6.21. The van der Waals surface area contributed by atoms with Crippen molar-refractivity contribution >= 4 is 48.9 Å². The third kappa shape index (κ3) is 4.32. The first-order valence-electron chi connectivity index (χ1n) is 8.63. The number of aryl methyl sites for hydroxylation is 1. The molecular weight excluding hydrogens is 384 g/mol. The molecule has 0 bridgehead atoms. The van der Waals surface area contributed by atoms with Gasteiger partial charge < -0.3 is 4.90 Å². The zero-order chi connectivity index (χ0) is 19.6. The lowest BCUT2D eigenvalue weighted by Gasteiger charge is -2.19. The number of hydrogen-bond acceptors (Lipinski definition) is 6. The standard InChI is InChI=1S/C18H20N4O3S2/c1-4-12-5-6-13-15(11-12)27-18(19-13)21(10-9-20(2)3)17(23)14-7-8-16(26-14)22(24)25/h5-8,11H,4,9-10H2,1-3H3/p+1. The largest absolute Gasteiger partial charge is 0.338 e. The highest BCUT2D eigenvalue weighted by Gasteiger charge is 2.25. The number of carbonyl (C=O) groups is 1. The monoisotopic (exact) mass is 405 g/mol. The van der Waals surface area contributed by atoms with Gasteiger partial charge in [-0.1, -0.05) is 35.7 Å². The maximum atomic E-state index is 13.1. The molecule has 1 N–H and O–H groups in total. The molecule has 3 aromatic rings. The molecule has 7 nitrogen and oxygen atoms in total. The molecule has 1 aromatic carbocycles. The molecule has 0 saturated heterocycles. The van der Waals surface area contributed by atoms with Gasteiger partial charge in [-0.05, 0) is 30.2 Å². The molecule has 0 saturated carbocycles. The lowest BCUT2D eigenvalue weighted by molar-refractivity contribution is -0.856. The average molecular weight is 406 g/mol. The number of rotatable bonds is 7. The molecule has 142 valence electrons. The minimum atomic E-state index is -0.472. The maximum absolute atomic E-state index is 13.1. The molecule has 0 aliphatic heterocycles. The Morgan fingerprint density at radius 1 is 1.26 bits per heavy atom. The lowest BCUT2D eigenvalue weighted by Crippen LogP contribution is -3.06. The number of quaternary nitrogens is 1. The predicted molar refractivity (Wildman–Crippen MR) is 109 cm³/mol. The number of thiophene rings is 1. The molecular formula is C18H21N4O3S2+.